The van der Waals surface area contributed by atoms with E-state index in [1.54, 1.807) is 0 Å². The molecule has 0 radical (unpaired) electrons. The molecule has 0 fully saturated rings. The van der Waals surface area contributed by atoms with Crippen LogP contribution in [0.2, 0.25) is 0 Å². The third-order valence-corrected chi connectivity index (χ3v) is 2.88. The van der Waals surface area contributed by atoms with Crippen LogP contribution in [-0.2, 0) is 9.53 Å². The van der Waals surface area contributed by atoms with E-state index in [4.69, 9.17) is 4.74 Å². The molecule has 94 valence electrons. The fraction of sp³-hybridized carbons (Fsp3) is 0.533. The lowest BCUT2D eigenvalue weighted by atomic mass is 9.95. The van der Waals surface area contributed by atoms with Crippen LogP contribution in [0, 0.1) is 6.92 Å². The summed E-state index contributed by atoms with van der Waals surface area (Å²) < 4.78 is 5.29. The highest BCUT2D eigenvalue weighted by molar-refractivity contribution is 5.78. The predicted octanol–water partition coefficient (Wildman–Crippen LogP) is 3.83. The number of carbonyl (C=O) groups excluding carboxylic acids is 1. The maximum atomic E-state index is 11.9. The number of hydrogen-bond donors (Lipinski definition) is 0. The number of esters is 1. The number of carbonyl (C=O) groups is 1. The molecule has 0 aliphatic rings. The molecule has 0 heterocycles. The van der Waals surface area contributed by atoms with Crippen molar-refractivity contribution >= 4 is 5.97 Å². The Morgan fingerprint density at radius 2 is 2.12 bits per heavy atom. The minimum absolute atomic E-state index is 0.0912. The van der Waals surface area contributed by atoms with E-state index in [0.29, 0.717) is 6.61 Å². The van der Waals surface area contributed by atoms with Crippen LogP contribution in [0.5, 0.6) is 0 Å². The van der Waals surface area contributed by atoms with Crippen molar-refractivity contribution in [1.29, 1.82) is 0 Å². The number of hydrogen-bond acceptors (Lipinski definition) is 2. The second-order valence-corrected chi connectivity index (χ2v) is 4.40. The maximum absolute atomic E-state index is 11.9. The fourth-order valence-corrected chi connectivity index (χ4v) is 1.84. The van der Waals surface area contributed by atoms with Crippen LogP contribution in [0.3, 0.4) is 0 Å². The molecule has 2 nitrogen and oxygen atoms in total. The van der Waals surface area contributed by atoms with Crippen molar-refractivity contribution in [2.45, 2.75) is 46.0 Å². The molecule has 0 saturated heterocycles. The summed E-state index contributed by atoms with van der Waals surface area (Å²) in [5.74, 6) is -0.210. The van der Waals surface area contributed by atoms with Crippen LogP contribution in [0.15, 0.2) is 24.3 Å². The topological polar surface area (TPSA) is 26.3 Å². The average molecular weight is 234 g/mol. The first kappa shape index (κ1) is 13.8. The second-order valence-electron chi connectivity index (χ2n) is 4.40. The highest BCUT2D eigenvalue weighted by atomic mass is 16.5. The number of benzene rings is 1. The summed E-state index contributed by atoms with van der Waals surface area (Å²) in [5, 5.41) is 0. The van der Waals surface area contributed by atoms with Crippen LogP contribution in [0.4, 0.5) is 0 Å². The van der Waals surface area contributed by atoms with Crippen LogP contribution in [0.1, 0.15) is 50.2 Å². The van der Waals surface area contributed by atoms with Gasteiger partial charge in [0.15, 0.2) is 0 Å². The van der Waals surface area contributed by atoms with E-state index in [2.05, 4.69) is 13.0 Å². The zero-order valence-corrected chi connectivity index (χ0v) is 11.0. The van der Waals surface area contributed by atoms with Crippen LogP contribution >= 0.6 is 0 Å². The van der Waals surface area contributed by atoms with Gasteiger partial charge in [-0.1, -0.05) is 50.1 Å². The Kier molecular flexibility index (Phi) is 5.75. The van der Waals surface area contributed by atoms with Crippen LogP contribution < -0.4 is 0 Å². The van der Waals surface area contributed by atoms with Gasteiger partial charge in [0.1, 0.15) is 0 Å². The number of ether oxygens (including phenoxy) is 1. The van der Waals surface area contributed by atoms with Gasteiger partial charge in [-0.3, -0.25) is 4.79 Å². The first-order valence-electron chi connectivity index (χ1n) is 6.42. The summed E-state index contributed by atoms with van der Waals surface area (Å²) in [6, 6.07) is 8.10. The molecule has 1 rings (SSSR count). The highest BCUT2D eigenvalue weighted by Gasteiger charge is 2.19. The van der Waals surface area contributed by atoms with Crippen molar-refractivity contribution in [3.8, 4) is 0 Å². The molecule has 17 heavy (non-hydrogen) atoms. The third-order valence-electron chi connectivity index (χ3n) is 2.88. The van der Waals surface area contributed by atoms with E-state index >= 15 is 0 Å². The summed E-state index contributed by atoms with van der Waals surface area (Å²) in [4.78, 5) is 11.9. The molecule has 0 aliphatic carbocycles. The van der Waals surface area contributed by atoms with Crippen molar-refractivity contribution in [3.63, 3.8) is 0 Å². The molecule has 2 heteroatoms. The molecular weight excluding hydrogens is 212 g/mol. The maximum Gasteiger partial charge on any atom is 0.313 e. The molecule has 0 aliphatic heterocycles. The van der Waals surface area contributed by atoms with Crippen molar-refractivity contribution in [2.24, 2.45) is 0 Å². The van der Waals surface area contributed by atoms with E-state index < -0.39 is 0 Å². The Labute approximate surface area is 104 Å². The molecule has 1 aromatic rings. The van der Waals surface area contributed by atoms with Gasteiger partial charge >= 0.3 is 5.97 Å². The normalized spacial score (nSPS) is 12.2. The zero-order valence-electron chi connectivity index (χ0n) is 11.0. The Balaban J connectivity index is 2.67. The molecule has 0 amide bonds. The minimum Gasteiger partial charge on any atom is -0.465 e. The van der Waals surface area contributed by atoms with Crippen molar-refractivity contribution < 1.29 is 9.53 Å². The van der Waals surface area contributed by atoms with Crippen LogP contribution in [-0.4, -0.2) is 12.6 Å². The molecule has 0 aromatic heterocycles. The lowest BCUT2D eigenvalue weighted by molar-refractivity contribution is -0.145. The predicted molar refractivity (Wildman–Crippen MR) is 70.1 cm³/mol. The summed E-state index contributed by atoms with van der Waals surface area (Å²) in [7, 11) is 0. The van der Waals surface area contributed by atoms with E-state index in [-0.39, 0.29) is 11.9 Å². The van der Waals surface area contributed by atoms with Gasteiger partial charge in [-0.15, -0.1) is 0 Å². The van der Waals surface area contributed by atoms with Gasteiger partial charge in [0.2, 0.25) is 0 Å². The quantitative estimate of drug-likeness (QED) is 0.552. The van der Waals surface area contributed by atoms with Crippen LogP contribution in [0.25, 0.3) is 0 Å². The SMILES string of the molecule is CCCCOC(=O)C(CC)c1cccc(C)c1. The summed E-state index contributed by atoms with van der Waals surface area (Å²) in [6.07, 6.45) is 2.78. The molecule has 0 bridgehead atoms. The first-order valence-corrected chi connectivity index (χ1v) is 6.42. The molecule has 1 aromatic carbocycles. The summed E-state index contributed by atoms with van der Waals surface area (Å²) in [5.41, 5.74) is 2.25. The standard InChI is InChI=1S/C15H22O2/c1-4-6-10-17-15(16)14(5-2)13-9-7-8-12(3)11-13/h7-9,11,14H,4-6,10H2,1-3H3. The molecule has 0 spiro atoms. The van der Waals surface area contributed by atoms with Gasteiger partial charge in [0.05, 0.1) is 12.5 Å². The van der Waals surface area contributed by atoms with Gasteiger partial charge in [-0.2, -0.15) is 0 Å². The van der Waals surface area contributed by atoms with Gasteiger partial charge in [-0.05, 0) is 25.3 Å². The number of unbranched alkanes of at least 4 members (excludes halogenated alkanes) is 1. The van der Waals surface area contributed by atoms with Crippen molar-refractivity contribution in [3.05, 3.63) is 35.4 Å². The molecule has 1 unspecified atom stereocenters. The second kappa shape index (κ2) is 7.10. The molecule has 0 N–H and O–H groups in total. The van der Waals surface area contributed by atoms with E-state index in [9.17, 15) is 4.79 Å². The van der Waals surface area contributed by atoms with Crippen molar-refractivity contribution in [1.82, 2.24) is 0 Å². The van der Waals surface area contributed by atoms with Gasteiger partial charge < -0.3 is 4.74 Å². The van der Waals surface area contributed by atoms with E-state index in [1.807, 2.05) is 32.0 Å². The number of aryl methyl sites for hydroxylation is 1. The summed E-state index contributed by atoms with van der Waals surface area (Å²) in [6.45, 7) is 6.69. The third kappa shape index (κ3) is 4.22. The highest BCUT2D eigenvalue weighted by Crippen LogP contribution is 2.22. The van der Waals surface area contributed by atoms with E-state index in [1.165, 1.54) is 5.56 Å². The van der Waals surface area contributed by atoms with E-state index in [0.717, 1.165) is 24.8 Å². The Morgan fingerprint density at radius 3 is 2.71 bits per heavy atom. The number of rotatable bonds is 6. The smallest absolute Gasteiger partial charge is 0.313 e. The average Bonchev–Trinajstić information content (AvgIpc) is 2.30. The Morgan fingerprint density at radius 1 is 1.35 bits per heavy atom. The Hall–Kier alpha value is -1.31. The summed E-state index contributed by atoms with van der Waals surface area (Å²) >= 11 is 0. The molecule has 0 saturated carbocycles. The van der Waals surface area contributed by atoms with Gasteiger partial charge in [0.25, 0.3) is 0 Å². The van der Waals surface area contributed by atoms with Gasteiger partial charge in [0, 0.05) is 0 Å². The first-order chi connectivity index (χ1) is 8.19. The fourth-order valence-electron chi connectivity index (χ4n) is 1.84. The zero-order chi connectivity index (χ0) is 12.7. The minimum atomic E-state index is -0.119. The molecule has 1 atom stereocenters. The molecular formula is C15H22O2. The van der Waals surface area contributed by atoms with Crippen molar-refractivity contribution in [2.75, 3.05) is 6.61 Å². The Bertz CT molecular complexity index is 358. The van der Waals surface area contributed by atoms with Gasteiger partial charge in [-0.25, -0.2) is 0 Å². The monoisotopic (exact) mass is 234 g/mol. The lowest BCUT2D eigenvalue weighted by Crippen LogP contribution is -2.16. The largest absolute Gasteiger partial charge is 0.465 e. The lowest BCUT2D eigenvalue weighted by Gasteiger charge is -2.15.